The number of benzene rings is 1. The molecule has 0 radical (unpaired) electrons. The molecule has 0 saturated heterocycles. The first-order valence-electron chi connectivity index (χ1n) is 7.33. The fourth-order valence-corrected chi connectivity index (χ4v) is 2.99. The highest BCUT2D eigenvalue weighted by atomic mass is 35.5. The number of nitrogens with two attached hydrogens (primary N) is 1. The highest BCUT2D eigenvalue weighted by molar-refractivity contribution is 6.39. The van der Waals surface area contributed by atoms with Gasteiger partial charge in [-0.3, -0.25) is 0 Å². The molecule has 0 amide bonds. The largest absolute Gasteiger partial charge is 0.380 e. The minimum Gasteiger partial charge on any atom is -0.380 e. The Balaban J connectivity index is 2.19. The summed E-state index contributed by atoms with van der Waals surface area (Å²) in [6.45, 7) is 2.20. The molecule has 0 aliphatic rings. The molecule has 3 nitrogen and oxygen atoms in total. The molecule has 0 saturated carbocycles. The van der Waals surface area contributed by atoms with Gasteiger partial charge in [-0.05, 0) is 18.6 Å². The zero-order valence-corrected chi connectivity index (χ0v) is 13.7. The van der Waals surface area contributed by atoms with Gasteiger partial charge in [0.1, 0.15) is 5.76 Å². The van der Waals surface area contributed by atoms with Crippen LogP contribution >= 0.6 is 23.2 Å². The molecule has 0 aliphatic carbocycles. The molecule has 0 spiro atoms. The molecule has 114 valence electrons. The van der Waals surface area contributed by atoms with Crippen molar-refractivity contribution in [1.82, 2.24) is 5.16 Å². The van der Waals surface area contributed by atoms with E-state index in [2.05, 4.69) is 12.1 Å². The third kappa shape index (κ3) is 3.92. The van der Waals surface area contributed by atoms with Crippen molar-refractivity contribution in [2.75, 3.05) is 5.73 Å². The Hall–Kier alpha value is -1.19. The van der Waals surface area contributed by atoms with Gasteiger partial charge < -0.3 is 10.3 Å². The van der Waals surface area contributed by atoms with Crippen LogP contribution in [0.15, 0.2) is 22.7 Å². The van der Waals surface area contributed by atoms with Crippen LogP contribution in [-0.4, -0.2) is 5.16 Å². The Labute approximate surface area is 135 Å². The second-order valence-corrected chi connectivity index (χ2v) is 5.94. The van der Waals surface area contributed by atoms with E-state index in [1.54, 1.807) is 12.1 Å². The van der Waals surface area contributed by atoms with E-state index in [0.717, 1.165) is 24.2 Å². The Morgan fingerprint density at radius 3 is 2.38 bits per heavy atom. The molecule has 1 aromatic carbocycles. The van der Waals surface area contributed by atoms with E-state index in [0.29, 0.717) is 21.4 Å². The van der Waals surface area contributed by atoms with Crippen molar-refractivity contribution in [1.29, 1.82) is 0 Å². The maximum Gasteiger partial charge on any atom is 0.175 e. The smallest absolute Gasteiger partial charge is 0.175 e. The van der Waals surface area contributed by atoms with Crippen LogP contribution in [0.3, 0.4) is 0 Å². The lowest BCUT2D eigenvalue weighted by Gasteiger charge is -2.07. The first-order valence-corrected chi connectivity index (χ1v) is 8.09. The van der Waals surface area contributed by atoms with Gasteiger partial charge in [-0.1, -0.05) is 67.0 Å². The van der Waals surface area contributed by atoms with Gasteiger partial charge in [0.2, 0.25) is 0 Å². The molecular formula is C16H20Cl2N2O. The van der Waals surface area contributed by atoms with Gasteiger partial charge in [-0.25, -0.2) is 0 Å². The van der Waals surface area contributed by atoms with Gasteiger partial charge in [0.25, 0.3) is 0 Å². The predicted molar refractivity (Wildman–Crippen MR) is 88.8 cm³/mol. The average molecular weight is 327 g/mol. The summed E-state index contributed by atoms with van der Waals surface area (Å²) in [6, 6.07) is 5.39. The lowest BCUT2D eigenvalue weighted by Crippen LogP contribution is -1.93. The number of anilines is 1. The quantitative estimate of drug-likeness (QED) is 0.659. The van der Waals surface area contributed by atoms with Crippen molar-refractivity contribution in [3.63, 3.8) is 0 Å². The van der Waals surface area contributed by atoms with E-state index in [9.17, 15) is 0 Å². The Kier molecular flexibility index (Phi) is 5.95. The maximum atomic E-state index is 6.26. The third-order valence-electron chi connectivity index (χ3n) is 3.51. The van der Waals surface area contributed by atoms with Gasteiger partial charge in [0, 0.05) is 12.0 Å². The molecule has 2 N–H and O–H groups in total. The second kappa shape index (κ2) is 7.71. The third-order valence-corrected chi connectivity index (χ3v) is 4.14. The summed E-state index contributed by atoms with van der Waals surface area (Å²) >= 11 is 12.5. The number of halogens is 2. The molecule has 2 aromatic rings. The molecule has 1 heterocycles. The normalized spacial score (nSPS) is 11.0. The minimum atomic E-state index is 0.341. The number of rotatable bonds is 7. The van der Waals surface area contributed by atoms with Crippen LogP contribution in [0.4, 0.5) is 5.82 Å². The SMILES string of the molecule is CCCCCCCc1onc(N)c1-c1c(Cl)cccc1Cl. The summed E-state index contributed by atoms with van der Waals surface area (Å²) in [5.74, 6) is 1.10. The number of nitrogen functional groups attached to an aromatic ring is 1. The highest BCUT2D eigenvalue weighted by Crippen LogP contribution is 2.40. The minimum absolute atomic E-state index is 0.341. The summed E-state index contributed by atoms with van der Waals surface area (Å²) < 4.78 is 5.37. The topological polar surface area (TPSA) is 52.0 Å². The second-order valence-electron chi connectivity index (χ2n) is 5.13. The standard InChI is InChI=1S/C16H20Cl2N2O/c1-2-3-4-5-6-10-13-15(16(19)20-21-13)14-11(17)8-7-9-12(14)18/h7-9H,2-6,10H2,1H3,(H2,19,20). The predicted octanol–water partition coefficient (Wildman–Crippen LogP) is 5.74. The molecule has 0 bridgehead atoms. The highest BCUT2D eigenvalue weighted by Gasteiger charge is 2.20. The van der Waals surface area contributed by atoms with Crippen molar-refractivity contribution in [3.8, 4) is 11.1 Å². The molecule has 0 unspecified atom stereocenters. The molecule has 2 rings (SSSR count). The summed E-state index contributed by atoms with van der Waals surface area (Å²) in [7, 11) is 0. The number of hydrogen-bond donors (Lipinski definition) is 1. The van der Waals surface area contributed by atoms with Crippen molar-refractivity contribution < 1.29 is 4.52 Å². The number of aryl methyl sites for hydroxylation is 1. The summed E-state index contributed by atoms with van der Waals surface area (Å²) in [6.07, 6.45) is 6.75. The van der Waals surface area contributed by atoms with Crippen molar-refractivity contribution >= 4 is 29.0 Å². The van der Waals surface area contributed by atoms with Gasteiger partial charge in [-0.15, -0.1) is 0 Å². The van der Waals surface area contributed by atoms with Crippen molar-refractivity contribution in [3.05, 3.63) is 34.0 Å². The van der Waals surface area contributed by atoms with E-state index >= 15 is 0 Å². The zero-order valence-electron chi connectivity index (χ0n) is 12.2. The zero-order chi connectivity index (χ0) is 15.2. The van der Waals surface area contributed by atoms with Gasteiger partial charge in [-0.2, -0.15) is 0 Å². The van der Waals surface area contributed by atoms with E-state index in [1.807, 2.05) is 6.07 Å². The van der Waals surface area contributed by atoms with Crippen LogP contribution in [0.1, 0.15) is 44.8 Å². The van der Waals surface area contributed by atoms with Crippen LogP contribution in [0, 0.1) is 0 Å². The van der Waals surface area contributed by atoms with Crippen LogP contribution in [-0.2, 0) is 6.42 Å². The number of aromatic nitrogens is 1. The first-order chi connectivity index (χ1) is 10.1. The maximum absolute atomic E-state index is 6.26. The van der Waals surface area contributed by atoms with Gasteiger partial charge in [0.15, 0.2) is 5.82 Å². The monoisotopic (exact) mass is 326 g/mol. The van der Waals surface area contributed by atoms with Crippen LogP contribution in [0.25, 0.3) is 11.1 Å². The first kappa shape index (κ1) is 16.2. The van der Waals surface area contributed by atoms with E-state index < -0.39 is 0 Å². The Bertz CT molecular complexity index is 576. The molecule has 0 fully saturated rings. The van der Waals surface area contributed by atoms with Gasteiger partial charge >= 0.3 is 0 Å². The molecule has 1 aromatic heterocycles. The lowest BCUT2D eigenvalue weighted by molar-refractivity contribution is 0.381. The molecule has 5 heteroatoms. The fraction of sp³-hybridized carbons (Fsp3) is 0.438. The Morgan fingerprint density at radius 2 is 1.71 bits per heavy atom. The van der Waals surface area contributed by atoms with E-state index in [-0.39, 0.29) is 0 Å². The fourth-order valence-electron chi connectivity index (χ4n) is 2.40. The van der Waals surface area contributed by atoms with E-state index in [1.165, 1.54) is 25.7 Å². The summed E-state index contributed by atoms with van der Waals surface area (Å²) in [5, 5.41) is 5.00. The molecule has 21 heavy (non-hydrogen) atoms. The number of nitrogens with zero attached hydrogens (tertiary/aromatic N) is 1. The lowest BCUT2D eigenvalue weighted by atomic mass is 10.0. The van der Waals surface area contributed by atoms with Crippen LogP contribution in [0.5, 0.6) is 0 Å². The van der Waals surface area contributed by atoms with E-state index in [4.69, 9.17) is 33.5 Å². The van der Waals surface area contributed by atoms with Crippen LogP contribution in [0.2, 0.25) is 10.0 Å². The van der Waals surface area contributed by atoms with Crippen LogP contribution < -0.4 is 5.73 Å². The number of hydrogen-bond acceptors (Lipinski definition) is 3. The number of unbranched alkanes of at least 4 members (excludes halogenated alkanes) is 4. The molecule has 0 aliphatic heterocycles. The molecular weight excluding hydrogens is 307 g/mol. The Morgan fingerprint density at radius 1 is 1.05 bits per heavy atom. The molecule has 0 atom stereocenters. The van der Waals surface area contributed by atoms with Gasteiger partial charge in [0.05, 0.1) is 15.6 Å². The average Bonchev–Trinajstić information content (AvgIpc) is 2.80. The van der Waals surface area contributed by atoms with Crippen molar-refractivity contribution in [2.45, 2.75) is 45.4 Å². The summed E-state index contributed by atoms with van der Waals surface area (Å²) in [5.41, 5.74) is 7.39. The summed E-state index contributed by atoms with van der Waals surface area (Å²) in [4.78, 5) is 0. The van der Waals surface area contributed by atoms with Crippen molar-refractivity contribution in [2.24, 2.45) is 0 Å².